The Morgan fingerprint density at radius 3 is 2.62 bits per heavy atom. The van der Waals surface area contributed by atoms with Crippen molar-refractivity contribution in [2.75, 3.05) is 6.61 Å². The zero-order valence-corrected chi connectivity index (χ0v) is 15.4. The van der Waals surface area contributed by atoms with Crippen molar-refractivity contribution in [3.05, 3.63) is 26.7 Å². The van der Waals surface area contributed by atoms with Gasteiger partial charge in [0.05, 0.1) is 6.61 Å². The highest BCUT2D eigenvalue weighted by Crippen LogP contribution is 2.32. The van der Waals surface area contributed by atoms with E-state index in [9.17, 15) is 14.4 Å². The Bertz CT molecular complexity index is 902. The van der Waals surface area contributed by atoms with E-state index >= 15 is 0 Å². The third kappa shape index (κ3) is 3.59. The van der Waals surface area contributed by atoms with Crippen molar-refractivity contribution in [3.63, 3.8) is 0 Å². The molecule has 0 aromatic carbocycles. The number of fused-ring (bicyclic) bond motifs is 1. The van der Waals surface area contributed by atoms with E-state index in [0.29, 0.717) is 43.0 Å². The molecular formula is C18H26N4O4. The van der Waals surface area contributed by atoms with Crippen LogP contribution in [0.5, 0.6) is 0 Å². The Morgan fingerprint density at radius 2 is 1.96 bits per heavy atom. The minimum atomic E-state index is -0.350. The second-order valence-electron chi connectivity index (χ2n) is 6.89. The number of hydrogen-bond acceptors (Lipinski definition) is 5. The summed E-state index contributed by atoms with van der Waals surface area (Å²) in [6.07, 6.45) is 5.62. The highest BCUT2D eigenvalue weighted by Gasteiger charge is 2.23. The molecule has 0 spiro atoms. The number of hydrogen-bond donors (Lipinski definition) is 1. The molecule has 0 aliphatic heterocycles. The normalized spacial score (nSPS) is 15.0. The fraction of sp³-hybridized carbons (Fsp3) is 0.667. The van der Waals surface area contributed by atoms with Gasteiger partial charge in [0.15, 0.2) is 5.65 Å². The zero-order chi connectivity index (χ0) is 18.7. The molecule has 0 bridgehead atoms. The van der Waals surface area contributed by atoms with E-state index in [1.54, 1.807) is 0 Å². The molecule has 8 nitrogen and oxygen atoms in total. The molecule has 0 atom stereocenters. The monoisotopic (exact) mass is 362 g/mol. The fourth-order valence-corrected chi connectivity index (χ4v) is 3.64. The third-order valence-corrected chi connectivity index (χ3v) is 4.90. The maximum Gasteiger partial charge on any atom is 0.332 e. The molecule has 2 aromatic heterocycles. The van der Waals surface area contributed by atoms with Crippen LogP contribution in [0.15, 0.2) is 9.59 Å². The molecule has 1 aliphatic carbocycles. The van der Waals surface area contributed by atoms with Crippen molar-refractivity contribution in [2.24, 2.45) is 0 Å². The van der Waals surface area contributed by atoms with Gasteiger partial charge in [-0.25, -0.2) is 9.78 Å². The molecule has 142 valence electrons. The van der Waals surface area contributed by atoms with Crippen molar-refractivity contribution >= 4 is 17.1 Å². The van der Waals surface area contributed by atoms with Gasteiger partial charge in [0.1, 0.15) is 11.3 Å². The first-order chi connectivity index (χ1) is 12.5. The van der Waals surface area contributed by atoms with Crippen molar-refractivity contribution in [1.82, 2.24) is 19.1 Å². The van der Waals surface area contributed by atoms with Gasteiger partial charge in [-0.1, -0.05) is 19.8 Å². The van der Waals surface area contributed by atoms with Gasteiger partial charge in [0.2, 0.25) is 0 Å². The van der Waals surface area contributed by atoms with Crippen molar-refractivity contribution in [3.8, 4) is 0 Å². The quantitative estimate of drug-likeness (QED) is 0.599. The lowest BCUT2D eigenvalue weighted by atomic mass is 10.1. The lowest BCUT2D eigenvalue weighted by Crippen LogP contribution is -2.40. The van der Waals surface area contributed by atoms with Gasteiger partial charge < -0.3 is 9.72 Å². The standard InChI is InChI=1S/C18H26N4O4/c1-3-9-22-17(24)14-16(20-15(19-14)13-7-4-5-8-13)21(18(22)25)10-6-11-26-12(2)23/h13H,3-11H2,1-2H3,(H,19,20). The number of nitrogens with one attached hydrogen (secondary N) is 1. The number of aromatic amines is 1. The summed E-state index contributed by atoms with van der Waals surface area (Å²) >= 11 is 0. The van der Waals surface area contributed by atoms with Gasteiger partial charge >= 0.3 is 11.7 Å². The number of nitrogens with zero attached hydrogens (tertiary/aromatic N) is 3. The van der Waals surface area contributed by atoms with Gasteiger partial charge in [-0.3, -0.25) is 18.7 Å². The Morgan fingerprint density at radius 1 is 1.23 bits per heavy atom. The first-order valence-electron chi connectivity index (χ1n) is 9.39. The molecule has 8 heteroatoms. The molecule has 26 heavy (non-hydrogen) atoms. The molecule has 0 saturated heterocycles. The Balaban J connectivity index is 2.02. The number of rotatable bonds is 7. The number of aryl methyl sites for hydroxylation is 1. The van der Waals surface area contributed by atoms with Crippen LogP contribution in [0.25, 0.3) is 11.2 Å². The van der Waals surface area contributed by atoms with E-state index in [4.69, 9.17) is 4.74 Å². The second-order valence-corrected chi connectivity index (χ2v) is 6.89. The summed E-state index contributed by atoms with van der Waals surface area (Å²) < 4.78 is 7.75. The number of carbonyl (C=O) groups excluding carboxylic acids is 1. The number of H-pyrrole nitrogens is 1. The lowest BCUT2D eigenvalue weighted by molar-refractivity contribution is -0.141. The molecule has 1 fully saturated rings. The second kappa shape index (κ2) is 7.88. The average Bonchev–Trinajstić information content (AvgIpc) is 3.27. The number of imidazole rings is 1. The SMILES string of the molecule is CCCn1c(=O)c2[nH]c(C3CCCC3)nc2n(CCCOC(C)=O)c1=O. The topological polar surface area (TPSA) is 99.0 Å². The smallest absolute Gasteiger partial charge is 0.332 e. The third-order valence-electron chi connectivity index (χ3n) is 4.90. The average molecular weight is 362 g/mol. The van der Waals surface area contributed by atoms with Crippen LogP contribution in [0.2, 0.25) is 0 Å². The van der Waals surface area contributed by atoms with Gasteiger partial charge in [-0.15, -0.1) is 0 Å². The predicted molar refractivity (Wildman–Crippen MR) is 97.4 cm³/mol. The van der Waals surface area contributed by atoms with Crippen LogP contribution in [-0.2, 0) is 22.6 Å². The largest absolute Gasteiger partial charge is 0.466 e. The van der Waals surface area contributed by atoms with Crippen LogP contribution in [0.4, 0.5) is 0 Å². The van der Waals surface area contributed by atoms with Crippen LogP contribution in [-0.4, -0.2) is 31.7 Å². The lowest BCUT2D eigenvalue weighted by Gasteiger charge is -2.10. The molecule has 1 N–H and O–H groups in total. The molecule has 2 heterocycles. The molecule has 0 unspecified atom stereocenters. The molecule has 2 aromatic rings. The van der Waals surface area contributed by atoms with Crippen molar-refractivity contribution < 1.29 is 9.53 Å². The maximum absolute atomic E-state index is 12.8. The van der Waals surface area contributed by atoms with E-state index in [1.807, 2.05) is 6.92 Å². The van der Waals surface area contributed by atoms with Gasteiger partial charge in [-0.2, -0.15) is 0 Å². The minimum absolute atomic E-state index is 0.232. The highest BCUT2D eigenvalue weighted by atomic mass is 16.5. The predicted octanol–water partition coefficient (Wildman–Crippen LogP) is 1.91. The molecule has 1 aliphatic rings. The first kappa shape index (κ1) is 18.4. The molecule has 0 radical (unpaired) electrons. The highest BCUT2D eigenvalue weighted by molar-refractivity contribution is 5.70. The molecule has 3 rings (SSSR count). The van der Waals surface area contributed by atoms with Crippen LogP contribution in [0, 0.1) is 0 Å². The van der Waals surface area contributed by atoms with E-state index in [0.717, 1.165) is 31.5 Å². The van der Waals surface area contributed by atoms with Gasteiger partial charge in [0.25, 0.3) is 5.56 Å². The summed E-state index contributed by atoms with van der Waals surface area (Å²) in [5.74, 6) is 0.782. The summed E-state index contributed by atoms with van der Waals surface area (Å²) in [5, 5.41) is 0. The summed E-state index contributed by atoms with van der Waals surface area (Å²) in [6.45, 7) is 4.23. The summed E-state index contributed by atoms with van der Waals surface area (Å²) in [5.41, 5.74) is 0.154. The Hall–Kier alpha value is -2.38. The van der Waals surface area contributed by atoms with Crippen molar-refractivity contribution in [2.45, 2.75) is 71.4 Å². The number of ether oxygens (including phenoxy) is 1. The van der Waals surface area contributed by atoms with Crippen LogP contribution in [0.1, 0.15) is 64.1 Å². The maximum atomic E-state index is 12.8. The van der Waals surface area contributed by atoms with E-state index < -0.39 is 0 Å². The number of aromatic nitrogens is 4. The minimum Gasteiger partial charge on any atom is -0.466 e. The molecule has 0 amide bonds. The van der Waals surface area contributed by atoms with Gasteiger partial charge in [0, 0.05) is 25.9 Å². The van der Waals surface area contributed by atoms with E-state index in [1.165, 1.54) is 16.1 Å². The van der Waals surface area contributed by atoms with Crippen LogP contribution >= 0.6 is 0 Å². The Kier molecular flexibility index (Phi) is 5.58. The van der Waals surface area contributed by atoms with Gasteiger partial charge in [-0.05, 0) is 25.7 Å². The first-order valence-corrected chi connectivity index (χ1v) is 9.39. The number of esters is 1. The Labute approximate surface area is 151 Å². The van der Waals surface area contributed by atoms with E-state index in [2.05, 4.69) is 9.97 Å². The molecule has 1 saturated carbocycles. The molecular weight excluding hydrogens is 336 g/mol. The fourth-order valence-electron chi connectivity index (χ4n) is 3.64. The summed E-state index contributed by atoms with van der Waals surface area (Å²) in [4.78, 5) is 44.3. The van der Waals surface area contributed by atoms with Crippen LogP contribution < -0.4 is 11.2 Å². The summed E-state index contributed by atoms with van der Waals surface area (Å²) in [6, 6.07) is 0. The van der Waals surface area contributed by atoms with E-state index in [-0.39, 0.29) is 23.8 Å². The van der Waals surface area contributed by atoms with Crippen LogP contribution in [0.3, 0.4) is 0 Å². The zero-order valence-electron chi connectivity index (χ0n) is 15.4. The summed E-state index contributed by atoms with van der Waals surface area (Å²) in [7, 11) is 0. The van der Waals surface area contributed by atoms with Crippen molar-refractivity contribution in [1.29, 1.82) is 0 Å². The number of carbonyl (C=O) groups is 1.